The van der Waals surface area contributed by atoms with E-state index in [2.05, 4.69) is 23.2 Å². The van der Waals surface area contributed by atoms with Gasteiger partial charge in [-0.2, -0.15) is 10.2 Å². The molecule has 2 aromatic heterocycles. The smallest absolute Gasteiger partial charge is 0.0945 e. The zero-order valence-corrected chi connectivity index (χ0v) is 12.7. The van der Waals surface area contributed by atoms with Gasteiger partial charge in [-0.05, 0) is 19.4 Å². The highest BCUT2D eigenvalue weighted by Crippen LogP contribution is 2.37. The monoisotopic (exact) mass is 279 g/mol. The van der Waals surface area contributed by atoms with Crippen LogP contribution in [0.3, 0.4) is 0 Å². The minimum Gasteiger partial charge on any atom is -0.326 e. The molecule has 2 unspecified atom stereocenters. The number of aromatic nitrogens is 4. The molecule has 104 valence electrons. The number of thioether (sulfide) groups is 1. The second-order valence-corrected chi connectivity index (χ2v) is 5.97. The molecule has 2 N–H and O–H groups in total. The third-order valence-corrected chi connectivity index (χ3v) is 4.62. The first-order valence-electron chi connectivity index (χ1n) is 6.42. The van der Waals surface area contributed by atoms with Crippen molar-refractivity contribution in [2.24, 2.45) is 19.8 Å². The lowest BCUT2D eigenvalue weighted by Crippen LogP contribution is -2.25. The first-order valence-corrected chi connectivity index (χ1v) is 7.30. The topological polar surface area (TPSA) is 61.7 Å². The van der Waals surface area contributed by atoms with Gasteiger partial charge in [0.1, 0.15) is 0 Å². The van der Waals surface area contributed by atoms with E-state index < -0.39 is 0 Å². The normalized spacial score (nSPS) is 14.6. The Balaban J connectivity index is 2.26. The second-order valence-electron chi connectivity index (χ2n) is 4.81. The molecule has 0 aliphatic heterocycles. The highest BCUT2D eigenvalue weighted by Gasteiger charge is 2.22. The molecule has 0 aliphatic carbocycles. The van der Waals surface area contributed by atoms with Crippen LogP contribution in [0.15, 0.2) is 23.5 Å². The standard InChI is InChI=1S/C13H21N5S/c1-5-11(14)13(10-7-15-17(3)8-10)19-12-6-9(2)16-18(12)4/h6-8,11,13H,5,14H2,1-4H3. The van der Waals surface area contributed by atoms with Gasteiger partial charge < -0.3 is 5.73 Å². The largest absolute Gasteiger partial charge is 0.326 e. The van der Waals surface area contributed by atoms with Crippen molar-refractivity contribution < 1.29 is 0 Å². The van der Waals surface area contributed by atoms with Crippen molar-refractivity contribution in [1.82, 2.24) is 19.6 Å². The summed E-state index contributed by atoms with van der Waals surface area (Å²) in [5, 5.41) is 9.97. The first-order chi connectivity index (χ1) is 9.01. The molecule has 2 rings (SSSR count). The summed E-state index contributed by atoms with van der Waals surface area (Å²) in [5.74, 6) is 0. The van der Waals surface area contributed by atoms with Crippen molar-refractivity contribution >= 4 is 11.8 Å². The van der Waals surface area contributed by atoms with E-state index in [9.17, 15) is 0 Å². The van der Waals surface area contributed by atoms with Crippen molar-refractivity contribution in [2.45, 2.75) is 36.6 Å². The predicted octanol–water partition coefficient (Wildman–Crippen LogP) is 2.03. The Kier molecular flexibility index (Phi) is 4.31. The molecule has 2 atom stereocenters. The van der Waals surface area contributed by atoms with Gasteiger partial charge in [0.05, 0.1) is 22.2 Å². The van der Waals surface area contributed by atoms with Crippen LogP contribution < -0.4 is 5.73 Å². The van der Waals surface area contributed by atoms with Gasteiger partial charge in [-0.1, -0.05) is 18.7 Å². The molecule has 0 saturated carbocycles. The Morgan fingerprint density at radius 2 is 2.16 bits per heavy atom. The Hall–Kier alpha value is -1.27. The van der Waals surface area contributed by atoms with Crippen LogP contribution in [-0.2, 0) is 14.1 Å². The fraction of sp³-hybridized carbons (Fsp3) is 0.538. The van der Waals surface area contributed by atoms with Crippen LogP contribution in [0, 0.1) is 6.92 Å². The molecule has 2 aromatic rings. The molecule has 19 heavy (non-hydrogen) atoms. The van der Waals surface area contributed by atoms with Crippen LogP contribution in [-0.4, -0.2) is 25.6 Å². The fourth-order valence-electron chi connectivity index (χ4n) is 2.03. The number of aryl methyl sites for hydroxylation is 3. The predicted molar refractivity (Wildman–Crippen MR) is 78.0 cm³/mol. The average Bonchev–Trinajstić information content (AvgIpc) is 2.91. The summed E-state index contributed by atoms with van der Waals surface area (Å²) >= 11 is 1.76. The molecule has 0 radical (unpaired) electrons. The van der Waals surface area contributed by atoms with Crippen molar-refractivity contribution in [3.8, 4) is 0 Å². The van der Waals surface area contributed by atoms with Gasteiger partial charge in [0.15, 0.2) is 0 Å². The maximum Gasteiger partial charge on any atom is 0.0945 e. The Morgan fingerprint density at radius 3 is 2.63 bits per heavy atom. The molecule has 0 spiro atoms. The molecule has 2 heterocycles. The molecule has 0 bridgehead atoms. The van der Waals surface area contributed by atoms with Crippen molar-refractivity contribution in [3.63, 3.8) is 0 Å². The van der Waals surface area contributed by atoms with Gasteiger partial charge in [0.2, 0.25) is 0 Å². The minimum atomic E-state index is 0.101. The highest BCUT2D eigenvalue weighted by atomic mass is 32.2. The van der Waals surface area contributed by atoms with E-state index in [0.717, 1.165) is 17.1 Å². The van der Waals surface area contributed by atoms with Crippen LogP contribution >= 0.6 is 11.8 Å². The van der Waals surface area contributed by atoms with E-state index in [4.69, 9.17) is 5.73 Å². The average molecular weight is 279 g/mol. The van der Waals surface area contributed by atoms with Crippen LogP contribution in [0.1, 0.15) is 29.9 Å². The van der Waals surface area contributed by atoms with Gasteiger partial charge in [-0.25, -0.2) is 0 Å². The number of nitrogens with two attached hydrogens (primary N) is 1. The SMILES string of the molecule is CCC(N)C(Sc1cc(C)nn1C)c1cnn(C)c1. The second kappa shape index (κ2) is 5.79. The highest BCUT2D eigenvalue weighted by molar-refractivity contribution is 7.99. The molecule has 0 saturated heterocycles. The Bertz CT molecular complexity index is 545. The maximum atomic E-state index is 6.28. The van der Waals surface area contributed by atoms with Crippen molar-refractivity contribution in [2.75, 3.05) is 0 Å². The lowest BCUT2D eigenvalue weighted by molar-refractivity contribution is 0.627. The zero-order valence-electron chi connectivity index (χ0n) is 11.9. The summed E-state index contributed by atoms with van der Waals surface area (Å²) in [6.07, 6.45) is 4.87. The summed E-state index contributed by atoms with van der Waals surface area (Å²) in [5.41, 5.74) is 8.47. The van der Waals surface area contributed by atoms with E-state index in [1.807, 2.05) is 42.8 Å². The maximum absolute atomic E-state index is 6.28. The molecular formula is C13H21N5S. The number of hydrogen-bond acceptors (Lipinski definition) is 4. The van der Waals surface area contributed by atoms with Crippen LogP contribution in [0.25, 0.3) is 0 Å². The van der Waals surface area contributed by atoms with E-state index in [1.54, 1.807) is 11.8 Å². The zero-order chi connectivity index (χ0) is 14.0. The molecule has 6 heteroatoms. The van der Waals surface area contributed by atoms with Crippen LogP contribution in [0.2, 0.25) is 0 Å². The van der Waals surface area contributed by atoms with E-state index >= 15 is 0 Å². The minimum absolute atomic E-state index is 0.101. The number of rotatable bonds is 5. The lowest BCUT2D eigenvalue weighted by atomic mass is 10.1. The molecule has 5 nitrogen and oxygen atoms in total. The van der Waals surface area contributed by atoms with Crippen molar-refractivity contribution in [1.29, 1.82) is 0 Å². The summed E-state index contributed by atoms with van der Waals surface area (Å²) in [6, 6.07) is 2.19. The fourth-order valence-corrected chi connectivity index (χ4v) is 3.35. The number of nitrogens with zero attached hydrogens (tertiary/aromatic N) is 4. The van der Waals surface area contributed by atoms with E-state index in [0.29, 0.717) is 0 Å². The van der Waals surface area contributed by atoms with Crippen LogP contribution in [0.5, 0.6) is 0 Å². The summed E-state index contributed by atoms with van der Waals surface area (Å²) in [7, 11) is 3.89. The third kappa shape index (κ3) is 3.19. The summed E-state index contributed by atoms with van der Waals surface area (Å²) < 4.78 is 3.73. The van der Waals surface area contributed by atoms with Crippen molar-refractivity contribution in [3.05, 3.63) is 29.7 Å². The molecule has 0 aromatic carbocycles. The van der Waals surface area contributed by atoms with Gasteiger partial charge >= 0.3 is 0 Å². The molecule has 0 aliphatic rings. The number of hydrogen-bond donors (Lipinski definition) is 1. The summed E-state index contributed by atoms with van der Waals surface area (Å²) in [4.78, 5) is 0. The Labute approximate surface area is 118 Å². The molecule has 0 fully saturated rings. The molecular weight excluding hydrogens is 258 g/mol. The van der Waals surface area contributed by atoms with Gasteiger partial charge in [-0.15, -0.1) is 0 Å². The molecule has 0 amide bonds. The van der Waals surface area contributed by atoms with Gasteiger partial charge in [-0.3, -0.25) is 9.36 Å². The lowest BCUT2D eigenvalue weighted by Gasteiger charge is -2.21. The van der Waals surface area contributed by atoms with E-state index in [1.165, 1.54) is 5.56 Å². The van der Waals surface area contributed by atoms with Gasteiger partial charge in [0, 0.05) is 31.9 Å². The van der Waals surface area contributed by atoms with Gasteiger partial charge in [0.25, 0.3) is 0 Å². The van der Waals surface area contributed by atoms with E-state index in [-0.39, 0.29) is 11.3 Å². The quantitative estimate of drug-likeness (QED) is 0.851. The third-order valence-electron chi connectivity index (χ3n) is 3.12. The van der Waals surface area contributed by atoms with Crippen LogP contribution in [0.4, 0.5) is 0 Å². The summed E-state index contributed by atoms with van der Waals surface area (Å²) in [6.45, 7) is 4.12. The Morgan fingerprint density at radius 1 is 1.42 bits per heavy atom. The first kappa shape index (κ1) is 14.1.